The van der Waals surface area contributed by atoms with Gasteiger partial charge in [-0.05, 0) is 86.2 Å². The van der Waals surface area contributed by atoms with Crippen LogP contribution in [0, 0.1) is 0 Å². The Kier molecular flexibility index (Phi) is 20.8. The molecule has 4 heteroatoms. The Morgan fingerprint density at radius 1 is 0.800 bits per heavy atom. The molecule has 20 heavy (non-hydrogen) atoms. The van der Waals surface area contributed by atoms with Gasteiger partial charge < -0.3 is 20.4 Å². The van der Waals surface area contributed by atoms with E-state index < -0.39 is 0 Å². The minimum Gasteiger partial charge on any atom is -0.320 e. The van der Waals surface area contributed by atoms with E-state index in [2.05, 4.69) is 41.5 Å². The van der Waals surface area contributed by atoms with E-state index in [9.17, 15) is 0 Å². The number of rotatable bonds is 13. The monoisotopic (exact) mass is 290 g/mol. The van der Waals surface area contributed by atoms with Crippen molar-refractivity contribution in [1.82, 2.24) is 20.4 Å². The van der Waals surface area contributed by atoms with Gasteiger partial charge in [0.25, 0.3) is 0 Å². The molecule has 0 aromatic heterocycles. The molecular weight excluding hydrogens is 248 g/mol. The van der Waals surface area contributed by atoms with Crippen LogP contribution in [-0.4, -0.2) is 76.8 Å². The number of nitrogens with one attached hydrogen (secondary N) is 2. The highest BCUT2D eigenvalue weighted by Crippen LogP contribution is 1.92. The zero-order valence-corrected chi connectivity index (χ0v) is 15.0. The fourth-order valence-corrected chi connectivity index (χ4v) is 1.87. The van der Waals surface area contributed by atoms with Crippen molar-refractivity contribution in [3.05, 3.63) is 0 Å². The van der Waals surface area contributed by atoms with Gasteiger partial charge in [0, 0.05) is 1.43 Å². The average Bonchev–Trinajstić information content (AvgIpc) is 2.48. The summed E-state index contributed by atoms with van der Waals surface area (Å²) < 4.78 is 0. The highest BCUT2D eigenvalue weighted by molar-refractivity contribution is 4.57. The van der Waals surface area contributed by atoms with Crippen LogP contribution < -0.4 is 10.6 Å². The van der Waals surface area contributed by atoms with Gasteiger partial charge in [-0.1, -0.05) is 20.8 Å². The van der Waals surface area contributed by atoms with Gasteiger partial charge in [0.05, 0.1) is 0 Å². The number of hydrogen-bond donors (Lipinski definition) is 2. The van der Waals surface area contributed by atoms with Crippen molar-refractivity contribution in [2.75, 3.05) is 67.0 Å². The lowest BCUT2D eigenvalue weighted by Gasteiger charge is -2.19. The van der Waals surface area contributed by atoms with E-state index in [0.717, 1.165) is 26.2 Å². The summed E-state index contributed by atoms with van der Waals surface area (Å²) in [5, 5.41) is 6.65. The fraction of sp³-hybridized carbons (Fsp3) is 1.00. The maximum Gasteiger partial charge on any atom is 0 e. The lowest BCUT2D eigenvalue weighted by molar-refractivity contribution is 0.282. The van der Waals surface area contributed by atoms with Crippen LogP contribution in [0.4, 0.5) is 0 Å². The van der Waals surface area contributed by atoms with Gasteiger partial charge in [0.1, 0.15) is 0 Å². The normalized spacial score (nSPS) is 10.8. The van der Waals surface area contributed by atoms with E-state index in [1.54, 1.807) is 0 Å². The third-order valence-electron chi connectivity index (χ3n) is 3.29. The average molecular weight is 291 g/mol. The van der Waals surface area contributed by atoms with Gasteiger partial charge in [-0.25, -0.2) is 0 Å². The minimum absolute atomic E-state index is 0. The van der Waals surface area contributed by atoms with Crippen LogP contribution in [-0.2, 0) is 0 Å². The lowest BCUT2D eigenvalue weighted by Crippen LogP contribution is -2.28. The summed E-state index contributed by atoms with van der Waals surface area (Å²) in [5.74, 6) is 0. The Hall–Kier alpha value is -0.160. The van der Waals surface area contributed by atoms with E-state index in [4.69, 9.17) is 0 Å². The molecule has 0 unspecified atom stereocenters. The summed E-state index contributed by atoms with van der Waals surface area (Å²) in [6, 6.07) is 0. The molecule has 0 heterocycles. The van der Waals surface area contributed by atoms with E-state index in [1.807, 2.05) is 20.9 Å². The predicted molar refractivity (Wildman–Crippen MR) is 94.8 cm³/mol. The molecule has 0 atom stereocenters. The Morgan fingerprint density at radius 2 is 1.35 bits per heavy atom. The first kappa shape index (κ1) is 22.1. The summed E-state index contributed by atoms with van der Waals surface area (Å²) in [5.41, 5.74) is 0. The zero-order valence-electron chi connectivity index (χ0n) is 15.0. The quantitative estimate of drug-likeness (QED) is 0.509. The Bertz CT molecular complexity index is 170. The molecule has 0 spiro atoms. The molecule has 0 aliphatic heterocycles. The first-order valence-electron chi connectivity index (χ1n) is 8.43. The van der Waals surface area contributed by atoms with Crippen molar-refractivity contribution in [3.63, 3.8) is 0 Å². The Labute approximate surface area is 129 Å². The van der Waals surface area contributed by atoms with Crippen LogP contribution in [0.3, 0.4) is 0 Å². The van der Waals surface area contributed by atoms with Crippen LogP contribution in [0.2, 0.25) is 0 Å². The first-order valence-corrected chi connectivity index (χ1v) is 8.43. The molecule has 0 aliphatic rings. The van der Waals surface area contributed by atoms with Gasteiger partial charge in [0.2, 0.25) is 0 Å². The van der Waals surface area contributed by atoms with Gasteiger partial charge in [-0.3, -0.25) is 0 Å². The van der Waals surface area contributed by atoms with E-state index >= 15 is 0 Å². The third-order valence-corrected chi connectivity index (χ3v) is 3.29. The minimum atomic E-state index is 0. The summed E-state index contributed by atoms with van der Waals surface area (Å²) >= 11 is 0. The molecule has 0 radical (unpaired) electrons. The van der Waals surface area contributed by atoms with Gasteiger partial charge in [-0.15, -0.1) is 0 Å². The zero-order chi connectivity index (χ0) is 15.6. The standard InChI is InChI=1S/C14H34N4.C2H6.H2/c1-5-17(3)13-8-14-18(4)12-7-11-16-10-6-9-15-2;1-2;/h15-16H,5-14H2,1-4H3;1-2H3;1H. The third kappa shape index (κ3) is 17.8. The Balaban J connectivity index is -0.00000103. The second-order valence-corrected chi connectivity index (χ2v) is 5.11. The smallest absolute Gasteiger partial charge is 0 e. The molecule has 0 saturated heterocycles. The Morgan fingerprint density at radius 3 is 1.95 bits per heavy atom. The molecule has 2 N–H and O–H groups in total. The molecule has 4 nitrogen and oxygen atoms in total. The van der Waals surface area contributed by atoms with Gasteiger partial charge in [0.15, 0.2) is 0 Å². The SMILES string of the molecule is CC.CCN(C)CCCN(C)CCCNCCCNC.[HH]. The highest BCUT2D eigenvalue weighted by atomic mass is 15.1. The number of nitrogens with zero attached hydrogens (tertiary/aromatic N) is 2. The molecule has 0 aliphatic carbocycles. The molecule has 0 fully saturated rings. The van der Waals surface area contributed by atoms with Crippen molar-refractivity contribution >= 4 is 0 Å². The summed E-state index contributed by atoms with van der Waals surface area (Å²) in [7, 11) is 6.42. The lowest BCUT2D eigenvalue weighted by atomic mass is 10.3. The molecule has 0 amide bonds. The molecule has 0 aromatic rings. The molecule has 0 saturated carbocycles. The second-order valence-electron chi connectivity index (χ2n) is 5.11. The van der Waals surface area contributed by atoms with Gasteiger partial charge in [-0.2, -0.15) is 0 Å². The highest BCUT2D eigenvalue weighted by Gasteiger charge is 1.99. The van der Waals surface area contributed by atoms with E-state index in [1.165, 1.54) is 38.9 Å². The molecule has 126 valence electrons. The van der Waals surface area contributed by atoms with Crippen LogP contribution >= 0.6 is 0 Å². The van der Waals surface area contributed by atoms with Crippen LogP contribution in [0.1, 0.15) is 41.5 Å². The topological polar surface area (TPSA) is 30.5 Å². The summed E-state index contributed by atoms with van der Waals surface area (Å²) in [6.07, 6.45) is 3.74. The summed E-state index contributed by atoms with van der Waals surface area (Å²) in [4.78, 5) is 4.82. The van der Waals surface area contributed by atoms with Crippen LogP contribution in [0.5, 0.6) is 0 Å². The molecule has 0 aromatic carbocycles. The maximum atomic E-state index is 3.48. The number of hydrogen-bond acceptors (Lipinski definition) is 4. The summed E-state index contributed by atoms with van der Waals surface area (Å²) in [6.45, 7) is 14.4. The maximum absolute atomic E-state index is 3.48. The van der Waals surface area contributed by atoms with E-state index in [0.29, 0.717) is 0 Å². The van der Waals surface area contributed by atoms with Crippen molar-refractivity contribution in [2.45, 2.75) is 40.0 Å². The van der Waals surface area contributed by atoms with Crippen LogP contribution in [0.15, 0.2) is 0 Å². The van der Waals surface area contributed by atoms with Crippen LogP contribution in [0.25, 0.3) is 0 Å². The fourth-order valence-electron chi connectivity index (χ4n) is 1.87. The molecule has 0 rings (SSSR count). The van der Waals surface area contributed by atoms with Crippen molar-refractivity contribution in [3.8, 4) is 0 Å². The second kappa shape index (κ2) is 18.8. The molecule has 0 bridgehead atoms. The van der Waals surface area contributed by atoms with Crippen molar-refractivity contribution in [2.24, 2.45) is 0 Å². The predicted octanol–water partition coefficient (Wildman–Crippen LogP) is 2.12. The van der Waals surface area contributed by atoms with Crippen molar-refractivity contribution in [1.29, 1.82) is 0 Å². The van der Waals surface area contributed by atoms with Crippen molar-refractivity contribution < 1.29 is 1.43 Å². The van der Waals surface area contributed by atoms with E-state index in [-0.39, 0.29) is 1.43 Å². The molecular formula is C16H42N4. The van der Waals surface area contributed by atoms with Gasteiger partial charge >= 0.3 is 0 Å². The largest absolute Gasteiger partial charge is 0.320 e. The first-order chi connectivity index (χ1) is 9.70.